The fraction of sp³-hybridized carbons (Fsp3) is 0.429. The molecule has 0 unspecified atom stereocenters. The van der Waals surface area contributed by atoms with E-state index in [0.717, 1.165) is 63.2 Å². The van der Waals surface area contributed by atoms with Gasteiger partial charge in [0.1, 0.15) is 0 Å². The summed E-state index contributed by atoms with van der Waals surface area (Å²) in [6, 6.07) is 19.1. The second-order valence-electron chi connectivity index (χ2n) is 9.53. The van der Waals surface area contributed by atoms with Gasteiger partial charge in [-0.15, -0.1) is 0 Å². The van der Waals surface area contributed by atoms with E-state index >= 15 is 0 Å². The minimum Gasteiger partial charge on any atom is -0.379 e. The van der Waals surface area contributed by atoms with Crippen molar-refractivity contribution in [2.45, 2.75) is 45.4 Å². The molecule has 7 heteroatoms. The molecular formula is C28H35N5OS. The molecule has 2 fully saturated rings. The van der Waals surface area contributed by atoms with Gasteiger partial charge in [-0.05, 0) is 61.8 Å². The molecule has 0 saturated carbocycles. The van der Waals surface area contributed by atoms with Gasteiger partial charge in [0.2, 0.25) is 0 Å². The third-order valence-electron chi connectivity index (χ3n) is 7.28. The molecule has 2 atom stereocenters. The molecule has 5 rings (SSSR count). The van der Waals surface area contributed by atoms with Gasteiger partial charge in [-0.2, -0.15) is 0 Å². The van der Waals surface area contributed by atoms with Crippen molar-refractivity contribution in [2.75, 3.05) is 32.8 Å². The lowest BCUT2D eigenvalue weighted by atomic mass is 9.96. The topological polar surface area (TPSA) is 45.6 Å². The highest BCUT2D eigenvalue weighted by Crippen LogP contribution is 2.41. The summed E-state index contributed by atoms with van der Waals surface area (Å²) in [5.41, 5.74) is 6.22. The molecule has 0 radical (unpaired) electrons. The number of morpholine rings is 1. The van der Waals surface area contributed by atoms with Crippen molar-refractivity contribution >= 4 is 17.3 Å². The van der Waals surface area contributed by atoms with Crippen LogP contribution in [0.1, 0.15) is 46.7 Å². The zero-order valence-electron chi connectivity index (χ0n) is 20.7. The average molecular weight is 490 g/mol. The van der Waals surface area contributed by atoms with Crippen LogP contribution in [-0.4, -0.2) is 57.3 Å². The van der Waals surface area contributed by atoms with Crippen LogP contribution in [0.5, 0.6) is 0 Å². The van der Waals surface area contributed by atoms with E-state index in [9.17, 15) is 0 Å². The Balaban J connectivity index is 1.42. The number of rotatable bonds is 8. The van der Waals surface area contributed by atoms with Crippen LogP contribution in [-0.2, 0) is 17.8 Å². The Bertz CT molecular complexity index is 1130. The molecule has 1 N–H and O–H groups in total. The summed E-state index contributed by atoms with van der Waals surface area (Å²) in [6.45, 7) is 11.2. The van der Waals surface area contributed by atoms with Crippen molar-refractivity contribution in [3.8, 4) is 0 Å². The highest BCUT2D eigenvalue weighted by Gasteiger charge is 2.41. The third kappa shape index (κ3) is 5.27. The number of nitrogens with one attached hydrogen (secondary N) is 1. The van der Waals surface area contributed by atoms with Crippen LogP contribution in [0, 0.1) is 13.8 Å². The van der Waals surface area contributed by atoms with Crippen LogP contribution in [0.4, 0.5) is 0 Å². The highest BCUT2D eigenvalue weighted by molar-refractivity contribution is 7.80. The molecule has 184 valence electrons. The maximum absolute atomic E-state index is 5.88. The lowest BCUT2D eigenvalue weighted by Crippen LogP contribution is -2.37. The summed E-state index contributed by atoms with van der Waals surface area (Å²) in [6.07, 6.45) is 3.00. The van der Waals surface area contributed by atoms with E-state index in [1.54, 1.807) is 0 Å². The molecule has 0 spiro atoms. The minimum absolute atomic E-state index is 0.00899. The van der Waals surface area contributed by atoms with E-state index in [0.29, 0.717) is 0 Å². The molecule has 2 aliphatic rings. The molecular weight excluding hydrogens is 454 g/mol. The van der Waals surface area contributed by atoms with Crippen LogP contribution in [0.2, 0.25) is 0 Å². The smallest absolute Gasteiger partial charge is 0.170 e. The Morgan fingerprint density at radius 2 is 1.80 bits per heavy atom. The maximum Gasteiger partial charge on any atom is 0.170 e. The molecule has 3 aromatic rings. The second kappa shape index (κ2) is 10.9. The molecule has 0 bridgehead atoms. The SMILES string of the molecule is Cc1cc([C@@H]2[C@H](c3ccccn3)NC(=S)N2Cc2ccccc2)c(C)n1CCCN1CCOCC1. The lowest BCUT2D eigenvalue weighted by Gasteiger charge is -2.28. The molecule has 0 amide bonds. The average Bonchev–Trinajstić information content (AvgIpc) is 3.36. The summed E-state index contributed by atoms with van der Waals surface area (Å²) in [5, 5.41) is 4.38. The molecule has 2 aliphatic heterocycles. The number of hydrogen-bond acceptors (Lipinski definition) is 4. The molecule has 2 aromatic heterocycles. The Morgan fingerprint density at radius 1 is 1.03 bits per heavy atom. The van der Waals surface area contributed by atoms with Gasteiger partial charge in [-0.25, -0.2) is 0 Å². The Labute approximate surface area is 213 Å². The summed E-state index contributed by atoms with van der Waals surface area (Å²) >= 11 is 5.88. The number of thiocarbonyl (C=S) groups is 1. The predicted octanol–water partition coefficient (Wildman–Crippen LogP) is 4.39. The zero-order valence-corrected chi connectivity index (χ0v) is 21.5. The van der Waals surface area contributed by atoms with Gasteiger partial charge in [0.05, 0.1) is 31.0 Å². The first-order valence-electron chi connectivity index (χ1n) is 12.6. The fourth-order valence-electron chi connectivity index (χ4n) is 5.44. The van der Waals surface area contributed by atoms with Gasteiger partial charge in [0.15, 0.2) is 5.11 Å². The molecule has 35 heavy (non-hydrogen) atoms. The van der Waals surface area contributed by atoms with E-state index < -0.39 is 0 Å². The van der Waals surface area contributed by atoms with Gasteiger partial charge in [0, 0.05) is 50.3 Å². The van der Waals surface area contributed by atoms with Gasteiger partial charge in [-0.3, -0.25) is 9.88 Å². The number of hydrogen-bond donors (Lipinski definition) is 1. The van der Waals surface area contributed by atoms with Crippen molar-refractivity contribution in [3.63, 3.8) is 0 Å². The van der Waals surface area contributed by atoms with Crippen molar-refractivity contribution in [1.29, 1.82) is 0 Å². The van der Waals surface area contributed by atoms with Crippen molar-refractivity contribution < 1.29 is 4.74 Å². The van der Waals surface area contributed by atoms with Crippen LogP contribution in [0.15, 0.2) is 60.8 Å². The number of aromatic nitrogens is 2. The van der Waals surface area contributed by atoms with E-state index in [2.05, 4.69) is 82.1 Å². The fourth-order valence-corrected chi connectivity index (χ4v) is 5.75. The van der Waals surface area contributed by atoms with Crippen molar-refractivity contribution in [2.24, 2.45) is 0 Å². The van der Waals surface area contributed by atoms with Gasteiger partial charge in [0.25, 0.3) is 0 Å². The first-order chi connectivity index (χ1) is 17.1. The lowest BCUT2D eigenvalue weighted by molar-refractivity contribution is 0.0369. The highest BCUT2D eigenvalue weighted by atomic mass is 32.1. The summed E-state index contributed by atoms with van der Waals surface area (Å²) in [5.74, 6) is 0. The number of aryl methyl sites for hydroxylation is 1. The van der Waals surface area contributed by atoms with E-state index in [-0.39, 0.29) is 12.1 Å². The number of nitrogens with zero attached hydrogens (tertiary/aromatic N) is 4. The van der Waals surface area contributed by atoms with Gasteiger partial charge in [-0.1, -0.05) is 36.4 Å². The number of ether oxygens (including phenoxy) is 1. The number of benzene rings is 1. The van der Waals surface area contributed by atoms with E-state index in [1.807, 2.05) is 12.3 Å². The Hall–Kier alpha value is -2.74. The predicted molar refractivity (Wildman–Crippen MR) is 143 cm³/mol. The quantitative estimate of drug-likeness (QED) is 0.474. The molecule has 6 nitrogen and oxygen atoms in total. The normalized spacial score (nSPS) is 20.9. The summed E-state index contributed by atoms with van der Waals surface area (Å²) in [7, 11) is 0. The van der Waals surface area contributed by atoms with E-state index in [1.165, 1.54) is 22.5 Å². The number of pyridine rings is 1. The van der Waals surface area contributed by atoms with E-state index in [4.69, 9.17) is 21.9 Å². The Kier molecular flexibility index (Phi) is 7.46. The third-order valence-corrected chi connectivity index (χ3v) is 7.64. The molecule has 2 saturated heterocycles. The molecule has 4 heterocycles. The molecule has 1 aromatic carbocycles. The summed E-state index contributed by atoms with van der Waals surface area (Å²) < 4.78 is 7.98. The second-order valence-corrected chi connectivity index (χ2v) is 9.91. The Morgan fingerprint density at radius 3 is 2.54 bits per heavy atom. The van der Waals surface area contributed by atoms with Gasteiger partial charge >= 0.3 is 0 Å². The van der Waals surface area contributed by atoms with Crippen molar-refractivity contribution in [1.82, 2.24) is 24.7 Å². The maximum atomic E-state index is 5.88. The first-order valence-corrected chi connectivity index (χ1v) is 13.0. The summed E-state index contributed by atoms with van der Waals surface area (Å²) in [4.78, 5) is 9.55. The van der Waals surface area contributed by atoms with Crippen LogP contribution in [0.25, 0.3) is 0 Å². The standard InChI is InChI=1S/C28H35N5OS/c1-21-19-24(22(2)32(21)14-8-13-31-15-17-34-18-16-31)27-26(25-11-6-7-12-29-25)30-28(35)33(27)20-23-9-4-3-5-10-23/h3-7,9-12,19,26-27H,8,13-18,20H2,1-2H3,(H,30,35)/t26-,27+/m0/s1. The largest absolute Gasteiger partial charge is 0.379 e. The van der Waals surface area contributed by atoms with Crippen LogP contribution in [0.3, 0.4) is 0 Å². The first kappa shape index (κ1) is 24.0. The molecule has 0 aliphatic carbocycles. The monoisotopic (exact) mass is 489 g/mol. The minimum atomic E-state index is 0.00899. The van der Waals surface area contributed by atoms with Crippen molar-refractivity contribution in [3.05, 3.63) is 89.0 Å². The van der Waals surface area contributed by atoms with Crippen LogP contribution >= 0.6 is 12.2 Å². The van der Waals surface area contributed by atoms with Crippen LogP contribution < -0.4 is 5.32 Å². The van der Waals surface area contributed by atoms with Gasteiger partial charge < -0.3 is 19.5 Å². The zero-order chi connectivity index (χ0) is 24.2.